The van der Waals surface area contributed by atoms with Crippen LogP contribution in [0.3, 0.4) is 0 Å². The van der Waals surface area contributed by atoms with Crippen LogP contribution < -0.4 is 10.6 Å². The fourth-order valence-corrected chi connectivity index (χ4v) is 4.33. The van der Waals surface area contributed by atoms with Gasteiger partial charge in [-0.25, -0.2) is 14.4 Å². The van der Waals surface area contributed by atoms with Gasteiger partial charge in [0.1, 0.15) is 5.84 Å². The fraction of sp³-hybridized carbons (Fsp3) is 0.474. The molecule has 0 radical (unpaired) electrons. The van der Waals surface area contributed by atoms with Crippen molar-refractivity contribution in [2.75, 3.05) is 11.9 Å². The third-order valence-electron chi connectivity index (χ3n) is 5.48. The fourth-order valence-electron chi connectivity index (χ4n) is 4.08. The van der Waals surface area contributed by atoms with Gasteiger partial charge in [0.05, 0.1) is 24.0 Å². The van der Waals surface area contributed by atoms with Crippen LogP contribution in [0.1, 0.15) is 31.5 Å². The van der Waals surface area contributed by atoms with Crippen molar-refractivity contribution in [3.8, 4) is 0 Å². The number of alkyl halides is 1. The van der Waals surface area contributed by atoms with Crippen molar-refractivity contribution in [2.45, 2.75) is 37.1 Å². The molecule has 4 atom stereocenters. The number of amidine groups is 1. The van der Waals surface area contributed by atoms with Crippen LogP contribution in [-0.2, 0) is 4.79 Å². The van der Waals surface area contributed by atoms with Crippen molar-refractivity contribution in [1.82, 2.24) is 15.3 Å². The van der Waals surface area contributed by atoms with Crippen molar-refractivity contribution in [3.05, 3.63) is 36.2 Å². The van der Waals surface area contributed by atoms with Gasteiger partial charge < -0.3 is 15.7 Å². The summed E-state index contributed by atoms with van der Waals surface area (Å²) in [5.41, 5.74) is 1.44. The maximum Gasteiger partial charge on any atom is 0.312 e. The Labute approximate surface area is 166 Å². The maximum atomic E-state index is 14.4. The van der Waals surface area contributed by atoms with E-state index in [1.165, 1.54) is 0 Å². The Hall–Kier alpha value is -2.48. The summed E-state index contributed by atoms with van der Waals surface area (Å²) in [4.78, 5) is 24.6. The minimum atomic E-state index is -0.962. The molecule has 1 aromatic heterocycles. The molecule has 0 aromatic carbocycles. The third-order valence-corrected chi connectivity index (χ3v) is 5.79. The molecule has 1 fully saturated rings. The van der Waals surface area contributed by atoms with Crippen LogP contribution in [0, 0.1) is 17.7 Å². The molecule has 4 unspecified atom stereocenters. The average Bonchev–Trinajstić information content (AvgIpc) is 3.06. The zero-order valence-electron chi connectivity index (χ0n) is 15.2. The van der Waals surface area contributed by atoms with E-state index < -0.39 is 23.7 Å². The molecule has 3 heterocycles. The van der Waals surface area contributed by atoms with E-state index in [1.807, 2.05) is 0 Å². The highest BCUT2D eigenvalue weighted by Gasteiger charge is 2.36. The van der Waals surface area contributed by atoms with Crippen LogP contribution in [-0.4, -0.2) is 44.8 Å². The Morgan fingerprint density at radius 3 is 3.07 bits per heavy atom. The Morgan fingerprint density at radius 2 is 2.29 bits per heavy atom. The second-order valence-corrected chi connectivity index (χ2v) is 7.98. The molecule has 148 valence electrons. The summed E-state index contributed by atoms with van der Waals surface area (Å²) in [6.07, 6.45) is 5.65. The number of carbonyl (C=O) groups is 1. The van der Waals surface area contributed by atoms with Crippen molar-refractivity contribution >= 4 is 34.8 Å². The summed E-state index contributed by atoms with van der Waals surface area (Å²) in [6, 6.07) is -0.467. The number of nitrogens with zero attached hydrogens (tertiary/aromatic N) is 3. The molecule has 9 heteroatoms. The standard InChI is InChI=1S/C19H21ClFN5O2/c1-9-3-2-4-14(15(9)19(27)28)25-18-13(21)8-24-17(26-18)12-7-23-16-11(12)5-10(20)6-22-16/h7-8,10-11,14-15H,1-6H2,(H,22,23)(H,27,28)(H,24,25,26). The van der Waals surface area contributed by atoms with Gasteiger partial charge in [-0.05, 0) is 25.7 Å². The molecule has 1 aliphatic carbocycles. The summed E-state index contributed by atoms with van der Waals surface area (Å²) < 4.78 is 14.4. The highest BCUT2D eigenvalue weighted by molar-refractivity contribution is 6.21. The van der Waals surface area contributed by atoms with Crippen LogP contribution >= 0.6 is 11.6 Å². The first-order valence-electron chi connectivity index (χ1n) is 9.29. The Kier molecular flexibility index (Phi) is 5.05. The maximum absolute atomic E-state index is 14.4. The van der Waals surface area contributed by atoms with Crippen LogP contribution in [0.5, 0.6) is 0 Å². The number of aliphatic imine (C=N–C) groups is 1. The Morgan fingerprint density at radius 1 is 1.46 bits per heavy atom. The van der Waals surface area contributed by atoms with Crippen molar-refractivity contribution in [1.29, 1.82) is 0 Å². The number of carboxylic acid groups (broad SMARTS) is 1. The topological polar surface area (TPSA) is 99.5 Å². The van der Waals surface area contributed by atoms with E-state index in [4.69, 9.17) is 11.6 Å². The molecular formula is C19H21ClFN5O2. The van der Waals surface area contributed by atoms with Crippen LogP contribution in [0.2, 0.25) is 0 Å². The first kappa shape index (κ1) is 18.9. The number of rotatable bonds is 4. The number of aliphatic carboxylic acids is 1. The summed E-state index contributed by atoms with van der Waals surface area (Å²) in [5, 5.41) is 15.6. The molecule has 0 amide bonds. The summed E-state index contributed by atoms with van der Waals surface area (Å²) >= 11 is 6.24. The lowest BCUT2D eigenvalue weighted by Crippen LogP contribution is -2.39. The molecule has 0 saturated heterocycles. The van der Waals surface area contributed by atoms with Gasteiger partial charge in [-0.2, -0.15) is 0 Å². The number of nitrogens with one attached hydrogen (secondary N) is 2. The lowest BCUT2D eigenvalue weighted by molar-refractivity contribution is -0.141. The van der Waals surface area contributed by atoms with E-state index in [2.05, 4.69) is 32.2 Å². The zero-order chi connectivity index (χ0) is 19.8. The lowest BCUT2D eigenvalue weighted by atomic mass is 9.81. The first-order valence-corrected chi connectivity index (χ1v) is 9.72. The largest absolute Gasteiger partial charge is 0.481 e. The zero-order valence-corrected chi connectivity index (χ0v) is 15.9. The molecule has 1 saturated carbocycles. The van der Waals surface area contributed by atoms with Gasteiger partial charge in [-0.15, -0.1) is 11.6 Å². The number of carboxylic acids is 1. The predicted molar refractivity (Wildman–Crippen MR) is 105 cm³/mol. The molecule has 1 aromatic rings. The van der Waals surface area contributed by atoms with E-state index >= 15 is 0 Å². The smallest absolute Gasteiger partial charge is 0.312 e. The SMILES string of the molecule is C=C1CCCC(Nc2nc(C3=CNC4=NCC(Cl)CC34)ncc2F)C1C(=O)O. The van der Waals surface area contributed by atoms with E-state index in [-0.39, 0.29) is 17.1 Å². The first-order chi connectivity index (χ1) is 13.4. The average molecular weight is 406 g/mol. The second-order valence-electron chi connectivity index (χ2n) is 7.36. The number of hydrogen-bond acceptors (Lipinski definition) is 6. The van der Waals surface area contributed by atoms with Gasteiger partial charge in [-0.1, -0.05) is 12.2 Å². The number of anilines is 1. The molecule has 4 rings (SSSR count). The molecule has 3 aliphatic rings. The normalized spacial score (nSPS) is 29.4. The molecule has 2 aliphatic heterocycles. The van der Waals surface area contributed by atoms with E-state index in [0.29, 0.717) is 37.2 Å². The number of aromatic nitrogens is 2. The third kappa shape index (κ3) is 3.48. The number of fused-ring (bicyclic) bond motifs is 1. The highest BCUT2D eigenvalue weighted by Crippen LogP contribution is 2.35. The van der Waals surface area contributed by atoms with Crippen molar-refractivity contribution < 1.29 is 14.3 Å². The lowest BCUT2D eigenvalue weighted by Gasteiger charge is -2.31. The van der Waals surface area contributed by atoms with Gasteiger partial charge in [0.15, 0.2) is 17.5 Å². The Balaban J connectivity index is 1.60. The molecule has 7 nitrogen and oxygen atoms in total. The van der Waals surface area contributed by atoms with Gasteiger partial charge >= 0.3 is 5.97 Å². The van der Waals surface area contributed by atoms with Crippen LogP contribution in [0.25, 0.3) is 5.57 Å². The highest BCUT2D eigenvalue weighted by atomic mass is 35.5. The van der Waals surface area contributed by atoms with Crippen LogP contribution in [0.15, 0.2) is 29.5 Å². The Bertz CT molecular complexity index is 887. The van der Waals surface area contributed by atoms with E-state index in [1.54, 1.807) is 6.20 Å². The molecular weight excluding hydrogens is 385 g/mol. The van der Waals surface area contributed by atoms with Gasteiger partial charge in [0, 0.05) is 23.7 Å². The molecule has 3 N–H and O–H groups in total. The number of halogens is 2. The van der Waals surface area contributed by atoms with Gasteiger partial charge in [-0.3, -0.25) is 9.79 Å². The van der Waals surface area contributed by atoms with Crippen molar-refractivity contribution in [2.24, 2.45) is 16.8 Å². The molecule has 28 heavy (non-hydrogen) atoms. The number of hydrogen-bond donors (Lipinski definition) is 3. The van der Waals surface area contributed by atoms with Gasteiger partial charge in [0.25, 0.3) is 0 Å². The molecule has 0 spiro atoms. The minimum Gasteiger partial charge on any atom is -0.481 e. The van der Waals surface area contributed by atoms with E-state index in [9.17, 15) is 14.3 Å². The monoisotopic (exact) mass is 405 g/mol. The van der Waals surface area contributed by atoms with E-state index in [0.717, 1.165) is 24.0 Å². The van der Waals surface area contributed by atoms with Crippen LogP contribution in [0.4, 0.5) is 10.2 Å². The summed E-state index contributed by atoms with van der Waals surface area (Å²) in [5.74, 6) is -1.20. The second kappa shape index (κ2) is 7.50. The quantitative estimate of drug-likeness (QED) is 0.526. The predicted octanol–water partition coefficient (Wildman–Crippen LogP) is 2.81. The molecule has 0 bridgehead atoms. The van der Waals surface area contributed by atoms with Crippen molar-refractivity contribution in [3.63, 3.8) is 0 Å². The minimum absolute atomic E-state index is 0.000437. The summed E-state index contributed by atoms with van der Waals surface area (Å²) in [7, 11) is 0. The van der Waals surface area contributed by atoms with Gasteiger partial charge in [0.2, 0.25) is 0 Å². The summed E-state index contributed by atoms with van der Waals surface area (Å²) in [6.45, 7) is 4.43.